The van der Waals surface area contributed by atoms with Crippen molar-refractivity contribution in [1.29, 1.82) is 0 Å². The molecule has 1 aliphatic heterocycles. The summed E-state index contributed by atoms with van der Waals surface area (Å²) in [6.45, 7) is 4.65. The first-order valence-electron chi connectivity index (χ1n) is 5.88. The van der Waals surface area contributed by atoms with Gasteiger partial charge in [0.15, 0.2) is 0 Å². The van der Waals surface area contributed by atoms with Crippen LogP contribution in [0.3, 0.4) is 0 Å². The molecule has 0 aromatic heterocycles. The van der Waals surface area contributed by atoms with Crippen molar-refractivity contribution in [3.05, 3.63) is 29.8 Å². The highest BCUT2D eigenvalue weighted by molar-refractivity contribution is 7.98. The molecule has 1 fully saturated rings. The van der Waals surface area contributed by atoms with Crippen LogP contribution >= 0.6 is 11.8 Å². The Bertz CT molecular complexity index is 408. The lowest BCUT2D eigenvalue weighted by Gasteiger charge is -2.34. The van der Waals surface area contributed by atoms with Gasteiger partial charge in [0.1, 0.15) is 0 Å². The first kappa shape index (κ1) is 12.5. The number of hydrogen-bond donors (Lipinski definition) is 1. The number of rotatable bonds is 2. The molecular formula is C13H18N2OS. The van der Waals surface area contributed by atoms with E-state index in [2.05, 4.69) is 12.2 Å². The third-order valence-electron chi connectivity index (χ3n) is 3.10. The Morgan fingerprint density at radius 3 is 2.94 bits per heavy atom. The summed E-state index contributed by atoms with van der Waals surface area (Å²) >= 11 is 1.63. The summed E-state index contributed by atoms with van der Waals surface area (Å²) in [6, 6.07) is 8.10. The second-order valence-electron chi connectivity index (χ2n) is 4.25. The van der Waals surface area contributed by atoms with Crippen molar-refractivity contribution in [2.24, 2.45) is 0 Å². The number of nitrogens with one attached hydrogen (secondary N) is 1. The van der Waals surface area contributed by atoms with Crippen molar-refractivity contribution in [3.63, 3.8) is 0 Å². The number of nitrogens with zero attached hydrogens (tertiary/aromatic N) is 1. The molecular weight excluding hydrogens is 232 g/mol. The van der Waals surface area contributed by atoms with E-state index in [1.165, 1.54) is 0 Å². The molecule has 0 unspecified atom stereocenters. The average molecular weight is 250 g/mol. The van der Waals surface area contributed by atoms with Crippen LogP contribution in [-0.2, 0) is 0 Å². The maximum Gasteiger partial charge on any atom is 0.255 e. The van der Waals surface area contributed by atoms with Gasteiger partial charge in [-0.2, -0.15) is 0 Å². The van der Waals surface area contributed by atoms with Gasteiger partial charge in [-0.05, 0) is 25.3 Å². The van der Waals surface area contributed by atoms with Gasteiger partial charge in [-0.3, -0.25) is 4.79 Å². The average Bonchev–Trinajstić information content (AvgIpc) is 2.38. The van der Waals surface area contributed by atoms with Gasteiger partial charge in [-0.1, -0.05) is 12.1 Å². The highest BCUT2D eigenvalue weighted by Crippen LogP contribution is 2.22. The Hall–Kier alpha value is -1.00. The van der Waals surface area contributed by atoms with E-state index in [1.807, 2.05) is 35.4 Å². The van der Waals surface area contributed by atoms with E-state index in [-0.39, 0.29) is 11.9 Å². The normalized spacial score (nSPS) is 20.4. The number of amides is 1. The number of carbonyl (C=O) groups excluding carboxylic acids is 1. The standard InChI is InChI=1S/C13H18N2OS/c1-10-9-14-7-8-15(10)13(16)11-5-3-4-6-12(11)17-2/h3-6,10,14H,7-9H2,1-2H3/t10-/m0/s1. The van der Waals surface area contributed by atoms with Gasteiger partial charge in [0.05, 0.1) is 5.56 Å². The lowest BCUT2D eigenvalue weighted by atomic mass is 10.1. The Balaban J connectivity index is 2.23. The quantitative estimate of drug-likeness (QED) is 0.813. The van der Waals surface area contributed by atoms with Crippen LogP contribution < -0.4 is 5.32 Å². The van der Waals surface area contributed by atoms with Crippen LogP contribution in [0.4, 0.5) is 0 Å². The number of hydrogen-bond acceptors (Lipinski definition) is 3. The van der Waals surface area contributed by atoms with Crippen LogP contribution in [0.1, 0.15) is 17.3 Å². The van der Waals surface area contributed by atoms with E-state index in [0.29, 0.717) is 0 Å². The largest absolute Gasteiger partial charge is 0.333 e. The summed E-state index contributed by atoms with van der Waals surface area (Å²) in [6.07, 6.45) is 2.01. The van der Waals surface area contributed by atoms with Crippen LogP contribution in [0.5, 0.6) is 0 Å². The van der Waals surface area contributed by atoms with Crippen molar-refractivity contribution in [2.75, 3.05) is 25.9 Å². The minimum Gasteiger partial charge on any atom is -0.333 e. The van der Waals surface area contributed by atoms with Gasteiger partial charge in [0.25, 0.3) is 5.91 Å². The molecule has 1 aliphatic rings. The third kappa shape index (κ3) is 2.64. The van der Waals surface area contributed by atoms with Gasteiger partial charge < -0.3 is 10.2 Å². The van der Waals surface area contributed by atoms with E-state index in [1.54, 1.807) is 11.8 Å². The van der Waals surface area contributed by atoms with E-state index < -0.39 is 0 Å². The maximum absolute atomic E-state index is 12.5. The fourth-order valence-corrected chi connectivity index (χ4v) is 2.71. The summed E-state index contributed by atoms with van der Waals surface area (Å²) in [5, 5.41) is 3.30. The zero-order valence-corrected chi connectivity index (χ0v) is 11.1. The predicted octanol–water partition coefficient (Wildman–Crippen LogP) is 1.84. The molecule has 0 saturated carbocycles. The molecule has 0 aliphatic carbocycles. The second kappa shape index (κ2) is 5.56. The summed E-state index contributed by atoms with van der Waals surface area (Å²) in [5.41, 5.74) is 0.828. The molecule has 1 atom stereocenters. The number of carbonyl (C=O) groups is 1. The van der Waals surface area contributed by atoms with Crippen LogP contribution in [0, 0.1) is 0 Å². The van der Waals surface area contributed by atoms with E-state index in [0.717, 1.165) is 30.1 Å². The fraction of sp³-hybridized carbons (Fsp3) is 0.462. The first-order chi connectivity index (χ1) is 8.24. The molecule has 1 amide bonds. The van der Waals surface area contributed by atoms with Crippen LogP contribution in [0.15, 0.2) is 29.2 Å². The fourth-order valence-electron chi connectivity index (χ4n) is 2.12. The van der Waals surface area contributed by atoms with Gasteiger partial charge in [-0.25, -0.2) is 0 Å². The van der Waals surface area contributed by atoms with Gasteiger partial charge in [0.2, 0.25) is 0 Å². The lowest BCUT2D eigenvalue weighted by molar-refractivity contribution is 0.0652. The van der Waals surface area contributed by atoms with Crippen LogP contribution in [-0.4, -0.2) is 42.7 Å². The summed E-state index contributed by atoms with van der Waals surface area (Å²) in [7, 11) is 0. The molecule has 92 valence electrons. The zero-order valence-electron chi connectivity index (χ0n) is 10.3. The van der Waals surface area contributed by atoms with Gasteiger partial charge in [0, 0.05) is 30.6 Å². The van der Waals surface area contributed by atoms with Crippen molar-refractivity contribution >= 4 is 17.7 Å². The number of thioether (sulfide) groups is 1. The maximum atomic E-state index is 12.5. The molecule has 1 aromatic rings. The Labute approximate surface area is 107 Å². The number of piperazine rings is 1. The summed E-state index contributed by atoms with van der Waals surface area (Å²) in [5.74, 6) is 0.156. The molecule has 0 spiro atoms. The molecule has 0 radical (unpaired) electrons. The highest BCUT2D eigenvalue weighted by Gasteiger charge is 2.25. The molecule has 1 saturated heterocycles. The monoisotopic (exact) mass is 250 g/mol. The van der Waals surface area contributed by atoms with Crippen molar-refractivity contribution in [2.45, 2.75) is 17.9 Å². The summed E-state index contributed by atoms with van der Waals surface area (Å²) < 4.78 is 0. The smallest absolute Gasteiger partial charge is 0.255 e. The first-order valence-corrected chi connectivity index (χ1v) is 7.11. The molecule has 1 aromatic carbocycles. The van der Waals surface area contributed by atoms with E-state index >= 15 is 0 Å². The van der Waals surface area contributed by atoms with Crippen molar-refractivity contribution in [3.8, 4) is 0 Å². The molecule has 1 heterocycles. The summed E-state index contributed by atoms with van der Waals surface area (Å²) in [4.78, 5) is 15.5. The third-order valence-corrected chi connectivity index (χ3v) is 3.90. The Morgan fingerprint density at radius 2 is 2.24 bits per heavy atom. The molecule has 0 bridgehead atoms. The lowest BCUT2D eigenvalue weighted by Crippen LogP contribution is -2.52. The van der Waals surface area contributed by atoms with Crippen molar-refractivity contribution in [1.82, 2.24) is 10.2 Å². The highest BCUT2D eigenvalue weighted by atomic mass is 32.2. The molecule has 1 N–H and O–H groups in total. The Kier molecular flexibility index (Phi) is 4.07. The molecule has 2 rings (SSSR count). The van der Waals surface area contributed by atoms with Crippen LogP contribution in [0.2, 0.25) is 0 Å². The van der Waals surface area contributed by atoms with E-state index in [9.17, 15) is 4.79 Å². The molecule has 4 heteroatoms. The second-order valence-corrected chi connectivity index (χ2v) is 5.10. The SMILES string of the molecule is CSc1ccccc1C(=O)N1CCNC[C@@H]1C. The van der Waals surface area contributed by atoms with Gasteiger partial charge in [-0.15, -0.1) is 11.8 Å². The Morgan fingerprint density at radius 1 is 1.47 bits per heavy atom. The van der Waals surface area contributed by atoms with Crippen molar-refractivity contribution < 1.29 is 4.79 Å². The zero-order chi connectivity index (χ0) is 12.3. The number of benzene rings is 1. The molecule has 17 heavy (non-hydrogen) atoms. The minimum atomic E-state index is 0.156. The topological polar surface area (TPSA) is 32.3 Å². The van der Waals surface area contributed by atoms with E-state index in [4.69, 9.17) is 0 Å². The van der Waals surface area contributed by atoms with Crippen LogP contribution in [0.25, 0.3) is 0 Å². The minimum absolute atomic E-state index is 0.156. The van der Waals surface area contributed by atoms with Gasteiger partial charge >= 0.3 is 0 Å². The predicted molar refractivity (Wildman–Crippen MR) is 71.6 cm³/mol. The molecule has 3 nitrogen and oxygen atoms in total.